The van der Waals surface area contributed by atoms with Crippen LogP contribution < -0.4 is 5.32 Å². The fourth-order valence-corrected chi connectivity index (χ4v) is 3.63. The molecule has 0 bridgehead atoms. The molecule has 4 heteroatoms. The van der Waals surface area contributed by atoms with Gasteiger partial charge in [0.15, 0.2) is 0 Å². The second kappa shape index (κ2) is 7.41. The van der Waals surface area contributed by atoms with Gasteiger partial charge in [-0.1, -0.05) is 54.2 Å². The minimum absolute atomic E-state index is 0.200. The Balaban J connectivity index is 2.34. The molecule has 1 fully saturated rings. The molecule has 1 N–H and O–H groups in total. The van der Waals surface area contributed by atoms with Crippen LogP contribution in [0.5, 0.6) is 0 Å². The number of benzene rings is 1. The van der Waals surface area contributed by atoms with Gasteiger partial charge in [0.25, 0.3) is 0 Å². The van der Waals surface area contributed by atoms with E-state index in [2.05, 4.69) is 21.2 Å². The van der Waals surface area contributed by atoms with Crippen LogP contribution in [0.3, 0.4) is 0 Å². The standard InChI is InChI=1S/C17H24BrNO2/c1-3-17(16(20)21-2,13-8-7-9-14(18)12-13)19-15-10-5-4-6-11-15/h7-9,12,15,19H,3-6,10-11H2,1-2H3. The Morgan fingerprint density at radius 1 is 1.38 bits per heavy atom. The largest absolute Gasteiger partial charge is 0.467 e. The van der Waals surface area contributed by atoms with Gasteiger partial charge >= 0.3 is 5.97 Å². The first-order chi connectivity index (χ1) is 10.1. The summed E-state index contributed by atoms with van der Waals surface area (Å²) in [4.78, 5) is 12.6. The maximum atomic E-state index is 12.6. The Bertz CT molecular complexity index is 485. The van der Waals surface area contributed by atoms with E-state index in [0.29, 0.717) is 12.5 Å². The number of nitrogens with one attached hydrogen (secondary N) is 1. The lowest BCUT2D eigenvalue weighted by Crippen LogP contribution is -2.54. The summed E-state index contributed by atoms with van der Waals surface area (Å²) < 4.78 is 6.10. The maximum absolute atomic E-state index is 12.6. The molecule has 0 aliphatic heterocycles. The van der Waals surface area contributed by atoms with E-state index in [1.54, 1.807) is 0 Å². The van der Waals surface area contributed by atoms with E-state index in [4.69, 9.17) is 4.74 Å². The first-order valence-corrected chi connectivity index (χ1v) is 8.54. The van der Waals surface area contributed by atoms with Crippen molar-refractivity contribution in [2.45, 2.75) is 57.0 Å². The fourth-order valence-electron chi connectivity index (χ4n) is 3.23. The molecule has 0 radical (unpaired) electrons. The highest BCUT2D eigenvalue weighted by Crippen LogP contribution is 2.31. The number of hydrogen-bond donors (Lipinski definition) is 1. The smallest absolute Gasteiger partial charge is 0.330 e. The second-order valence-electron chi connectivity index (χ2n) is 5.74. The molecule has 0 heterocycles. The maximum Gasteiger partial charge on any atom is 0.330 e. The number of hydrogen-bond acceptors (Lipinski definition) is 3. The van der Waals surface area contributed by atoms with Crippen molar-refractivity contribution in [3.05, 3.63) is 34.3 Å². The van der Waals surface area contributed by atoms with E-state index >= 15 is 0 Å². The van der Waals surface area contributed by atoms with Crippen LogP contribution >= 0.6 is 15.9 Å². The number of halogens is 1. The molecule has 116 valence electrons. The molecule has 2 rings (SSSR count). The molecule has 0 aromatic heterocycles. The van der Waals surface area contributed by atoms with Crippen LogP contribution in [0.4, 0.5) is 0 Å². The van der Waals surface area contributed by atoms with Gasteiger partial charge in [-0.3, -0.25) is 5.32 Å². The van der Waals surface area contributed by atoms with Crippen molar-refractivity contribution >= 4 is 21.9 Å². The van der Waals surface area contributed by atoms with Crippen molar-refractivity contribution in [1.82, 2.24) is 5.32 Å². The summed E-state index contributed by atoms with van der Waals surface area (Å²) in [6.07, 6.45) is 6.70. The zero-order valence-electron chi connectivity index (χ0n) is 12.8. The number of carbonyl (C=O) groups is 1. The van der Waals surface area contributed by atoms with Gasteiger partial charge in [0.1, 0.15) is 5.54 Å². The van der Waals surface area contributed by atoms with E-state index in [9.17, 15) is 4.79 Å². The van der Waals surface area contributed by atoms with Crippen molar-refractivity contribution in [3.8, 4) is 0 Å². The predicted octanol–water partition coefficient (Wildman–Crippen LogP) is 4.15. The van der Waals surface area contributed by atoms with Crippen molar-refractivity contribution in [2.24, 2.45) is 0 Å². The van der Waals surface area contributed by atoms with Gasteiger partial charge in [0, 0.05) is 10.5 Å². The van der Waals surface area contributed by atoms with Gasteiger partial charge < -0.3 is 4.74 Å². The fraction of sp³-hybridized carbons (Fsp3) is 0.588. The number of methoxy groups -OCH3 is 1. The normalized spacial score (nSPS) is 19.0. The highest BCUT2D eigenvalue weighted by atomic mass is 79.9. The van der Waals surface area contributed by atoms with Gasteiger partial charge in [0.2, 0.25) is 0 Å². The number of carbonyl (C=O) groups excluding carboxylic acids is 1. The minimum atomic E-state index is -0.749. The topological polar surface area (TPSA) is 38.3 Å². The van der Waals surface area contributed by atoms with Gasteiger partial charge in [-0.25, -0.2) is 4.79 Å². The SMILES string of the molecule is CCC(NC1CCCCC1)(C(=O)OC)c1cccc(Br)c1. The summed E-state index contributed by atoms with van der Waals surface area (Å²) in [5, 5.41) is 3.62. The molecule has 1 aliphatic carbocycles. The lowest BCUT2D eigenvalue weighted by Gasteiger charge is -2.37. The summed E-state index contributed by atoms with van der Waals surface area (Å²) in [6, 6.07) is 8.34. The average molecular weight is 354 g/mol. The van der Waals surface area contributed by atoms with Crippen LogP contribution in [0.25, 0.3) is 0 Å². The van der Waals surface area contributed by atoms with Crippen molar-refractivity contribution < 1.29 is 9.53 Å². The Labute approximate surface area is 135 Å². The van der Waals surface area contributed by atoms with Crippen molar-refractivity contribution in [2.75, 3.05) is 7.11 Å². The van der Waals surface area contributed by atoms with E-state index in [-0.39, 0.29) is 5.97 Å². The Hall–Kier alpha value is -0.870. The first-order valence-electron chi connectivity index (χ1n) is 7.74. The second-order valence-corrected chi connectivity index (χ2v) is 6.66. The Kier molecular flexibility index (Phi) is 5.82. The van der Waals surface area contributed by atoms with Crippen molar-refractivity contribution in [3.63, 3.8) is 0 Å². The molecule has 1 aliphatic rings. The summed E-state index contributed by atoms with van der Waals surface area (Å²) in [6.45, 7) is 2.04. The average Bonchev–Trinajstić information content (AvgIpc) is 2.53. The van der Waals surface area contributed by atoms with E-state index in [1.165, 1.54) is 26.4 Å². The quantitative estimate of drug-likeness (QED) is 0.808. The van der Waals surface area contributed by atoms with Crippen LogP contribution in [-0.2, 0) is 15.1 Å². The Morgan fingerprint density at radius 2 is 2.10 bits per heavy atom. The lowest BCUT2D eigenvalue weighted by atomic mass is 9.84. The monoisotopic (exact) mass is 353 g/mol. The number of rotatable bonds is 5. The highest BCUT2D eigenvalue weighted by Gasteiger charge is 2.41. The number of esters is 1. The molecule has 1 saturated carbocycles. The molecule has 1 unspecified atom stereocenters. The predicted molar refractivity (Wildman–Crippen MR) is 88.1 cm³/mol. The summed E-state index contributed by atoms with van der Waals surface area (Å²) in [5.41, 5.74) is 0.220. The molecule has 1 aromatic rings. The molecule has 1 aromatic carbocycles. The summed E-state index contributed by atoms with van der Waals surface area (Å²) in [7, 11) is 1.47. The molecule has 0 spiro atoms. The van der Waals surface area contributed by atoms with Gasteiger partial charge in [-0.05, 0) is 37.0 Å². The molecule has 0 saturated heterocycles. The van der Waals surface area contributed by atoms with Gasteiger partial charge in [-0.2, -0.15) is 0 Å². The van der Waals surface area contributed by atoms with E-state index < -0.39 is 5.54 Å². The van der Waals surface area contributed by atoms with Crippen LogP contribution in [0, 0.1) is 0 Å². The zero-order valence-corrected chi connectivity index (χ0v) is 14.4. The van der Waals surface area contributed by atoms with Crippen LogP contribution in [0.2, 0.25) is 0 Å². The molecular weight excluding hydrogens is 330 g/mol. The molecule has 1 atom stereocenters. The lowest BCUT2D eigenvalue weighted by molar-refractivity contribution is -0.150. The van der Waals surface area contributed by atoms with Gasteiger partial charge in [-0.15, -0.1) is 0 Å². The molecule has 3 nitrogen and oxygen atoms in total. The summed E-state index contributed by atoms with van der Waals surface area (Å²) >= 11 is 3.50. The third-order valence-electron chi connectivity index (χ3n) is 4.44. The third-order valence-corrected chi connectivity index (χ3v) is 4.93. The minimum Gasteiger partial charge on any atom is -0.467 e. The third kappa shape index (κ3) is 3.67. The van der Waals surface area contributed by atoms with Crippen LogP contribution in [0.15, 0.2) is 28.7 Å². The van der Waals surface area contributed by atoms with Crippen LogP contribution in [-0.4, -0.2) is 19.1 Å². The zero-order chi connectivity index (χ0) is 15.3. The van der Waals surface area contributed by atoms with Gasteiger partial charge in [0.05, 0.1) is 7.11 Å². The first kappa shape index (κ1) is 16.5. The highest BCUT2D eigenvalue weighted by molar-refractivity contribution is 9.10. The number of ether oxygens (including phenoxy) is 1. The van der Waals surface area contributed by atoms with E-state index in [1.807, 2.05) is 31.2 Å². The molecular formula is C17H24BrNO2. The molecule has 21 heavy (non-hydrogen) atoms. The van der Waals surface area contributed by atoms with Crippen LogP contribution in [0.1, 0.15) is 51.0 Å². The summed E-state index contributed by atoms with van der Waals surface area (Å²) in [5.74, 6) is -0.200. The van der Waals surface area contributed by atoms with Crippen molar-refractivity contribution in [1.29, 1.82) is 0 Å². The van der Waals surface area contributed by atoms with E-state index in [0.717, 1.165) is 22.9 Å². The molecule has 0 amide bonds. The Morgan fingerprint density at radius 3 is 2.67 bits per heavy atom.